The maximum absolute atomic E-state index is 11.7. The van der Waals surface area contributed by atoms with E-state index in [1.807, 2.05) is 20.0 Å². The van der Waals surface area contributed by atoms with Crippen molar-refractivity contribution in [2.75, 3.05) is 18.1 Å². The van der Waals surface area contributed by atoms with Gasteiger partial charge in [-0.05, 0) is 25.8 Å². The third-order valence-corrected chi connectivity index (χ3v) is 5.04. The van der Waals surface area contributed by atoms with E-state index < -0.39 is 9.84 Å². The molecule has 0 saturated carbocycles. The van der Waals surface area contributed by atoms with Gasteiger partial charge in [0.05, 0.1) is 18.5 Å². The molecule has 1 N–H and O–H groups in total. The molecular weight excluding hydrogens is 274 g/mol. The molecule has 20 heavy (non-hydrogen) atoms. The van der Waals surface area contributed by atoms with Crippen molar-refractivity contribution in [3.8, 4) is 0 Å². The number of rotatable bonds is 9. The summed E-state index contributed by atoms with van der Waals surface area (Å²) >= 11 is 0. The molecule has 1 heterocycles. The SMILES string of the molecule is CCCS(=O)(=O)CCn1ncc(CNCC(C)C)c1C. The van der Waals surface area contributed by atoms with Gasteiger partial charge in [0.1, 0.15) is 0 Å². The number of nitrogens with one attached hydrogen (secondary N) is 1. The highest BCUT2D eigenvalue weighted by atomic mass is 32.2. The van der Waals surface area contributed by atoms with Crippen LogP contribution in [0.3, 0.4) is 0 Å². The first-order chi connectivity index (χ1) is 9.35. The van der Waals surface area contributed by atoms with Crippen LogP contribution in [0.1, 0.15) is 38.4 Å². The fourth-order valence-corrected chi connectivity index (χ4v) is 3.30. The highest BCUT2D eigenvalue weighted by Gasteiger charge is 2.12. The Labute approximate surface area is 122 Å². The van der Waals surface area contributed by atoms with E-state index in [1.165, 1.54) is 0 Å². The van der Waals surface area contributed by atoms with Crippen LogP contribution in [0.2, 0.25) is 0 Å². The van der Waals surface area contributed by atoms with Crippen molar-refractivity contribution >= 4 is 9.84 Å². The van der Waals surface area contributed by atoms with E-state index in [2.05, 4.69) is 24.3 Å². The second kappa shape index (κ2) is 7.78. The average Bonchev–Trinajstić information content (AvgIpc) is 2.68. The Hall–Kier alpha value is -0.880. The maximum atomic E-state index is 11.7. The summed E-state index contributed by atoms with van der Waals surface area (Å²) in [5.74, 6) is 1.04. The summed E-state index contributed by atoms with van der Waals surface area (Å²) in [4.78, 5) is 0. The van der Waals surface area contributed by atoms with Gasteiger partial charge in [0.15, 0.2) is 9.84 Å². The number of nitrogens with zero attached hydrogens (tertiary/aromatic N) is 2. The number of aryl methyl sites for hydroxylation is 1. The standard InChI is InChI=1S/C14H27N3O2S/c1-5-7-20(18,19)8-6-17-13(4)14(11-16-17)10-15-9-12(2)3/h11-12,15H,5-10H2,1-4H3. The molecule has 1 aromatic heterocycles. The van der Waals surface area contributed by atoms with E-state index in [1.54, 1.807) is 4.68 Å². The zero-order chi connectivity index (χ0) is 15.2. The van der Waals surface area contributed by atoms with Gasteiger partial charge in [0, 0.05) is 23.6 Å². The smallest absolute Gasteiger partial charge is 0.152 e. The second-order valence-electron chi connectivity index (χ2n) is 5.65. The van der Waals surface area contributed by atoms with Crippen LogP contribution >= 0.6 is 0 Å². The van der Waals surface area contributed by atoms with Crippen LogP contribution in [-0.2, 0) is 22.9 Å². The minimum absolute atomic E-state index is 0.169. The lowest BCUT2D eigenvalue weighted by atomic mass is 10.2. The van der Waals surface area contributed by atoms with Crippen molar-refractivity contribution in [1.82, 2.24) is 15.1 Å². The fraction of sp³-hybridized carbons (Fsp3) is 0.786. The summed E-state index contributed by atoms with van der Waals surface area (Å²) in [7, 11) is -2.94. The molecule has 0 aliphatic heterocycles. The summed E-state index contributed by atoms with van der Waals surface area (Å²) in [6.07, 6.45) is 2.50. The summed E-state index contributed by atoms with van der Waals surface area (Å²) in [5, 5.41) is 7.67. The van der Waals surface area contributed by atoms with Gasteiger partial charge in [-0.15, -0.1) is 0 Å². The first-order valence-corrected chi connectivity index (χ1v) is 9.10. The topological polar surface area (TPSA) is 64.0 Å². The molecule has 0 aliphatic carbocycles. The van der Waals surface area contributed by atoms with Crippen molar-refractivity contribution in [3.63, 3.8) is 0 Å². The van der Waals surface area contributed by atoms with Crippen LogP contribution in [0, 0.1) is 12.8 Å². The van der Waals surface area contributed by atoms with Crippen LogP contribution in [0.25, 0.3) is 0 Å². The van der Waals surface area contributed by atoms with Gasteiger partial charge in [0.25, 0.3) is 0 Å². The molecular formula is C14H27N3O2S. The number of aromatic nitrogens is 2. The van der Waals surface area contributed by atoms with Gasteiger partial charge in [-0.3, -0.25) is 4.68 Å². The fourth-order valence-electron chi connectivity index (χ4n) is 2.02. The molecule has 0 radical (unpaired) electrons. The van der Waals surface area contributed by atoms with Gasteiger partial charge in [-0.1, -0.05) is 20.8 Å². The minimum atomic E-state index is -2.94. The first-order valence-electron chi connectivity index (χ1n) is 7.28. The summed E-state index contributed by atoms with van der Waals surface area (Å²) in [5.41, 5.74) is 2.19. The molecule has 0 unspecified atom stereocenters. The number of hydrogen-bond donors (Lipinski definition) is 1. The van der Waals surface area contributed by atoms with E-state index in [0.29, 0.717) is 18.9 Å². The van der Waals surface area contributed by atoms with Crippen molar-refractivity contribution < 1.29 is 8.42 Å². The van der Waals surface area contributed by atoms with Crippen molar-refractivity contribution in [3.05, 3.63) is 17.5 Å². The minimum Gasteiger partial charge on any atom is -0.312 e. The summed E-state index contributed by atoms with van der Waals surface area (Å²) < 4.78 is 25.2. The maximum Gasteiger partial charge on any atom is 0.152 e. The van der Waals surface area contributed by atoms with Crippen LogP contribution in [0.15, 0.2) is 6.20 Å². The highest BCUT2D eigenvalue weighted by Crippen LogP contribution is 2.08. The summed E-state index contributed by atoms with van der Waals surface area (Å²) in [6.45, 7) is 10.4. The number of sulfone groups is 1. The average molecular weight is 301 g/mol. The van der Waals surface area contributed by atoms with Crippen molar-refractivity contribution in [2.45, 2.75) is 47.2 Å². The Bertz CT molecular complexity index is 506. The predicted molar refractivity (Wildman–Crippen MR) is 82.5 cm³/mol. The molecule has 0 atom stereocenters. The summed E-state index contributed by atoms with van der Waals surface area (Å²) in [6, 6.07) is 0. The van der Waals surface area contributed by atoms with Crippen molar-refractivity contribution in [1.29, 1.82) is 0 Å². The van der Waals surface area contributed by atoms with Gasteiger partial charge < -0.3 is 5.32 Å². The lowest BCUT2D eigenvalue weighted by molar-refractivity contribution is 0.550. The molecule has 5 nitrogen and oxygen atoms in total. The molecule has 1 rings (SSSR count). The first kappa shape index (κ1) is 17.2. The molecule has 6 heteroatoms. The molecule has 116 valence electrons. The number of hydrogen-bond acceptors (Lipinski definition) is 4. The zero-order valence-corrected chi connectivity index (χ0v) is 13.8. The molecule has 0 aliphatic rings. The molecule has 0 saturated heterocycles. The highest BCUT2D eigenvalue weighted by molar-refractivity contribution is 7.91. The Kier molecular flexibility index (Phi) is 6.68. The lowest BCUT2D eigenvalue weighted by Crippen LogP contribution is -2.20. The third kappa shape index (κ3) is 5.63. The van der Waals surface area contributed by atoms with Crippen LogP contribution < -0.4 is 5.32 Å². The molecule has 0 bridgehead atoms. The van der Waals surface area contributed by atoms with E-state index >= 15 is 0 Å². The van der Waals surface area contributed by atoms with Crippen LogP contribution in [0.4, 0.5) is 0 Å². The van der Waals surface area contributed by atoms with Gasteiger partial charge >= 0.3 is 0 Å². The van der Waals surface area contributed by atoms with Gasteiger partial charge in [0.2, 0.25) is 0 Å². The van der Waals surface area contributed by atoms with E-state index in [4.69, 9.17) is 0 Å². The second-order valence-corrected chi connectivity index (χ2v) is 7.96. The molecule has 0 aromatic carbocycles. The largest absolute Gasteiger partial charge is 0.312 e. The molecule has 0 fully saturated rings. The van der Waals surface area contributed by atoms with Crippen LogP contribution in [-0.4, -0.2) is 36.2 Å². The van der Waals surface area contributed by atoms with Crippen molar-refractivity contribution in [2.24, 2.45) is 5.92 Å². The normalized spacial score (nSPS) is 12.2. The third-order valence-electron chi connectivity index (χ3n) is 3.20. The Morgan fingerprint density at radius 3 is 2.65 bits per heavy atom. The zero-order valence-electron chi connectivity index (χ0n) is 13.0. The lowest BCUT2D eigenvalue weighted by Gasteiger charge is -2.08. The van der Waals surface area contributed by atoms with E-state index in [-0.39, 0.29) is 11.5 Å². The Morgan fingerprint density at radius 1 is 1.35 bits per heavy atom. The van der Waals surface area contributed by atoms with E-state index in [0.717, 1.165) is 24.3 Å². The predicted octanol–water partition coefficient (Wildman–Crippen LogP) is 1.76. The Balaban J connectivity index is 2.54. The van der Waals surface area contributed by atoms with E-state index in [9.17, 15) is 8.42 Å². The quantitative estimate of drug-likeness (QED) is 0.755. The monoisotopic (exact) mass is 301 g/mol. The van der Waals surface area contributed by atoms with Gasteiger partial charge in [-0.25, -0.2) is 8.42 Å². The van der Waals surface area contributed by atoms with Gasteiger partial charge in [-0.2, -0.15) is 5.10 Å². The Morgan fingerprint density at radius 2 is 2.05 bits per heavy atom. The molecule has 1 aromatic rings. The molecule has 0 amide bonds. The molecule has 0 spiro atoms. The van der Waals surface area contributed by atoms with Crippen LogP contribution in [0.5, 0.6) is 0 Å².